The highest BCUT2D eigenvalue weighted by atomic mass is 35.5. The fourth-order valence-corrected chi connectivity index (χ4v) is 3.11. The summed E-state index contributed by atoms with van der Waals surface area (Å²) in [5.41, 5.74) is 0.861. The van der Waals surface area contributed by atoms with E-state index in [0.29, 0.717) is 12.5 Å². The summed E-state index contributed by atoms with van der Waals surface area (Å²) in [7, 11) is 0. The smallest absolute Gasteiger partial charge is 0.258 e. The molecule has 0 bridgehead atoms. The van der Waals surface area contributed by atoms with Gasteiger partial charge in [-0.15, -0.1) is 11.3 Å². The summed E-state index contributed by atoms with van der Waals surface area (Å²) in [5, 5.41) is 5.99. The van der Waals surface area contributed by atoms with Crippen LogP contribution < -0.4 is 10.1 Å². The van der Waals surface area contributed by atoms with Crippen molar-refractivity contribution >= 4 is 28.8 Å². The van der Waals surface area contributed by atoms with E-state index >= 15 is 0 Å². The lowest BCUT2D eigenvalue weighted by atomic mass is 10.3. The molecule has 7 heteroatoms. The predicted molar refractivity (Wildman–Crippen MR) is 82.8 cm³/mol. The summed E-state index contributed by atoms with van der Waals surface area (Å²) >= 11 is 7.46. The van der Waals surface area contributed by atoms with Crippen molar-refractivity contribution in [1.82, 2.24) is 10.3 Å². The standard InChI is InChI=1S/C15H14ClFN2O2S/c16-12-5-10(17)3-4-13(12)21-7-14(20)18-6-11-8-22-15(19-11)9-1-2-9/h3-5,8-9H,1-2,6-7H2,(H,18,20). The van der Waals surface area contributed by atoms with E-state index in [4.69, 9.17) is 16.3 Å². The number of aromatic nitrogens is 1. The van der Waals surface area contributed by atoms with Crippen LogP contribution in [0.4, 0.5) is 4.39 Å². The van der Waals surface area contributed by atoms with Gasteiger partial charge in [-0.3, -0.25) is 4.79 Å². The van der Waals surface area contributed by atoms with E-state index in [1.165, 1.54) is 25.0 Å². The zero-order valence-electron chi connectivity index (χ0n) is 11.6. The molecule has 2 aromatic rings. The van der Waals surface area contributed by atoms with Gasteiger partial charge in [0.1, 0.15) is 11.6 Å². The van der Waals surface area contributed by atoms with Crippen LogP contribution in [0.5, 0.6) is 5.75 Å². The topological polar surface area (TPSA) is 51.2 Å². The average molecular weight is 341 g/mol. The molecule has 116 valence electrons. The summed E-state index contributed by atoms with van der Waals surface area (Å²) in [6.07, 6.45) is 2.43. The van der Waals surface area contributed by atoms with Crippen LogP contribution in [0.3, 0.4) is 0 Å². The van der Waals surface area contributed by atoms with E-state index in [-0.39, 0.29) is 23.3 Å². The molecule has 1 amide bonds. The average Bonchev–Trinajstić information content (AvgIpc) is 3.23. The predicted octanol–water partition coefficient (Wildman–Crippen LogP) is 3.51. The van der Waals surface area contributed by atoms with Crippen LogP contribution in [0.1, 0.15) is 29.5 Å². The zero-order valence-corrected chi connectivity index (χ0v) is 13.2. The van der Waals surface area contributed by atoms with Gasteiger partial charge < -0.3 is 10.1 Å². The number of ether oxygens (including phenoxy) is 1. The van der Waals surface area contributed by atoms with Gasteiger partial charge in [-0.1, -0.05) is 11.6 Å². The highest BCUT2D eigenvalue weighted by Gasteiger charge is 2.26. The van der Waals surface area contributed by atoms with Crippen LogP contribution in [0, 0.1) is 5.82 Å². The minimum Gasteiger partial charge on any atom is -0.482 e. The van der Waals surface area contributed by atoms with Crippen molar-refractivity contribution in [3.63, 3.8) is 0 Å². The molecule has 0 aliphatic heterocycles. The molecule has 0 atom stereocenters. The summed E-state index contributed by atoms with van der Waals surface area (Å²) < 4.78 is 18.2. The normalized spacial score (nSPS) is 13.9. The van der Waals surface area contributed by atoms with E-state index < -0.39 is 5.82 Å². The molecule has 1 aliphatic rings. The molecule has 0 unspecified atom stereocenters. The fraction of sp³-hybridized carbons (Fsp3) is 0.333. The Hall–Kier alpha value is -1.66. The number of carbonyl (C=O) groups is 1. The number of hydrogen-bond acceptors (Lipinski definition) is 4. The number of benzene rings is 1. The van der Waals surface area contributed by atoms with Crippen molar-refractivity contribution in [3.8, 4) is 5.75 Å². The maximum Gasteiger partial charge on any atom is 0.258 e. The van der Waals surface area contributed by atoms with E-state index in [0.717, 1.165) is 16.8 Å². The number of rotatable bonds is 6. The molecule has 1 saturated carbocycles. The lowest BCUT2D eigenvalue weighted by Gasteiger charge is -2.08. The minimum absolute atomic E-state index is 0.140. The Kier molecular flexibility index (Phi) is 4.59. The molecule has 1 heterocycles. The molecule has 1 aliphatic carbocycles. The number of nitrogens with zero attached hydrogens (tertiary/aromatic N) is 1. The molecular formula is C15H14ClFN2O2S. The number of carbonyl (C=O) groups excluding carboxylic acids is 1. The number of nitrogens with one attached hydrogen (secondary N) is 1. The Bertz CT molecular complexity index is 688. The van der Waals surface area contributed by atoms with Gasteiger partial charge in [-0.05, 0) is 31.0 Å². The van der Waals surface area contributed by atoms with Crippen molar-refractivity contribution in [2.24, 2.45) is 0 Å². The first kappa shape index (κ1) is 15.2. The molecular weight excluding hydrogens is 327 g/mol. The minimum atomic E-state index is -0.447. The number of amides is 1. The quantitative estimate of drug-likeness (QED) is 0.875. The number of halogens is 2. The van der Waals surface area contributed by atoms with Crippen molar-refractivity contribution in [2.45, 2.75) is 25.3 Å². The van der Waals surface area contributed by atoms with Gasteiger partial charge in [0.25, 0.3) is 5.91 Å². The maximum atomic E-state index is 12.9. The lowest BCUT2D eigenvalue weighted by Crippen LogP contribution is -2.28. The second-order valence-electron chi connectivity index (χ2n) is 5.09. The van der Waals surface area contributed by atoms with Gasteiger partial charge in [-0.2, -0.15) is 0 Å². The lowest BCUT2D eigenvalue weighted by molar-refractivity contribution is -0.123. The Labute approximate surface area is 136 Å². The third-order valence-electron chi connectivity index (χ3n) is 3.22. The molecule has 1 aromatic heterocycles. The third-order valence-corrected chi connectivity index (χ3v) is 4.57. The monoisotopic (exact) mass is 340 g/mol. The summed E-state index contributed by atoms with van der Waals surface area (Å²) in [6, 6.07) is 3.77. The van der Waals surface area contributed by atoms with Gasteiger partial charge in [0.15, 0.2) is 6.61 Å². The van der Waals surface area contributed by atoms with E-state index in [2.05, 4.69) is 10.3 Å². The zero-order chi connectivity index (χ0) is 15.5. The van der Waals surface area contributed by atoms with E-state index in [9.17, 15) is 9.18 Å². The highest BCUT2D eigenvalue weighted by molar-refractivity contribution is 7.09. The Morgan fingerprint density at radius 3 is 3.05 bits per heavy atom. The molecule has 3 rings (SSSR count). The SMILES string of the molecule is O=C(COc1ccc(F)cc1Cl)NCc1csc(C2CC2)n1. The van der Waals surface area contributed by atoms with Crippen LogP contribution in [0.2, 0.25) is 5.02 Å². The van der Waals surface area contributed by atoms with Crippen LogP contribution in [0.25, 0.3) is 0 Å². The third kappa shape index (κ3) is 3.96. The van der Waals surface area contributed by atoms with E-state index in [1.54, 1.807) is 11.3 Å². The van der Waals surface area contributed by atoms with Gasteiger partial charge in [-0.25, -0.2) is 9.37 Å². The first-order chi connectivity index (χ1) is 10.6. The van der Waals surface area contributed by atoms with Crippen LogP contribution >= 0.6 is 22.9 Å². The first-order valence-electron chi connectivity index (χ1n) is 6.90. The largest absolute Gasteiger partial charge is 0.482 e. The highest BCUT2D eigenvalue weighted by Crippen LogP contribution is 2.41. The van der Waals surface area contributed by atoms with Crippen molar-refractivity contribution in [2.75, 3.05) is 6.61 Å². The molecule has 22 heavy (non-hydrogen) atoms. The van der Waals surface area contributed by atoms with Gasteiger partial charge >= 0.3 is 0 Å². The van der Waals surface area contributed by atoms with Crippen LogP contribution in [0.15, 0.2) is 23.6 Å². The Balaban J connectivity index is 1.45. The Morgan fingerprint density at radius 2 is 2.32 bits per heavy atom. The van der Waals surface area contributed by atoms with Gasteiger partial charge in [0.2, 0.25) is 0 Å². The number of thiazole rings is 1. The first-order valence-corrected chi connectivity index (χ1v) is 8.16. The van der Waals surface area contributed by atoms with E-state index in [1.807, 2.05) is 5.38 Å². The second kappa shape index (κ2) is 6.62. The molecule has 4 nitrogen and oxygen atoms in total. The summed E-state index contributed by atoms with van der Waals surface area (Å²) in [6.45, 7) is 0.202. The molecule has 1 aromatic carbocycles. The second-order valence-corrected chi connectivity index (χ2v) is 6.39. The molecule has 0 spiro atoms. The van der Waals surface area contributed by atoms with Crippen molar-refractivity contribution in [1.29, 1.82) is 0 Å². The maximum absolute atomic E-state index is 12.9. The fourth-order valence-electron chi connectivity index (χ4n) is 1.90. The van der Waals surface area contributed by atoms with Gasteiger partial charge in [0, 0.05) is 11.3 Å². The summed E-state index contributed by atoms with van der Waals surface area (Å²) in [5.74, 6) is 0.180. The molecule has 1 fully saturated rings. The molecule has 0 radical (unpaired) electrons. The molecule has 0 saturated heterocycles. The van der Waals surface area contributed by atoms with Crippen molar-refractivity contribution < 1.29 is 13.9 Å². The van der Waals surface area contributed by atoms with Crippen LogP contribution in [-0.4, -0.2) is 17.5 Å². The van der Waals surface area contributed by atoms with Crippen molar-refractivity contribution in [3.05, 3.63) is 45.1 Å². The van der Waals surface area contributed by atoms with Crippen LogP contribution in [-0.2, 0) is 11.3 Å². The van der Waals surface area contributed by atoms with Gasteiger partial charge in [0.05, 0.1) is 22.3 Å². The molecule has 1 N–H and O–H groups in total. The number of hydrogen-bond donors (Lipinski definition) is 1. The Morgan fingerprint density at radius 1 is 1.50 bits per heavy atom. The summed E-state index contributed by atoms with van der Waals surface area (Å²) in [4.78, 5) is 16.2.